The van der Waals surface area contributed by atoms with Crippen molar-refractivity contribution in [3.05, 3.63) is 70.1 Å². The SMILES string of the molecule is Cc1ccc(-c2ccc(-c3sc(-c4ccc(C)s4)c(C)c3CCCC(F)(F)C(F)(F)C(F)(F)C(F)(F)C(F)(F)C(F)(F)F)s2)cc1. The van der Waals surface area contributed by atoms with Crippen LogP contribution in [0.3, 0.4) is 0 Å². The molecular weight excluding hydrogens is 704 g/mol. The van der Waals surface area contributed by atoms with Gasteiger partial charge in [-0.25, -0.2) is 0 Å². The molecule has 3 aromatic heterocycles. The third-order valence-electron chi connectivity index (χ3n) is 7.32. The number of thiophene rings is 3. The Balaban J connectivity index is 1.65. The number of alkyl halides is 13. The van der Waals surface area contributed by atoms with Crippen molar-refractivity contribution >= 4 is 34.0 Å². The molecule has 252 valence electrons. The molecule has 0 aliphatic carbocycles. The van der Waals surface area contributed by atoms with E-state index in [2.05, 4.69) is 0 Å². The van der Waals surface area contributed by atoms with Crippen LogP contribution in [0.4, 0.5) is 57.1 Å². The summed E-state index contributed by atoms with van der Waals surface area (Å²) < 4.78 is 177. The van der Waals surface area contributed by atoms with Crippen molar-refractivity contribution in [3.8, 4) is 29.9 Å². The molecule has 0 atom stereocenters. The minimum absolute atomic E-state index is 0.378. The fraction of sp³-hybridized carbons (Fsp3) is 0.400. The fourth-order valence-corrected chi connectivity index (χ4v) is 8.16. The van der Waals surface area contributed by atoms with E-state index in [1.165, 1.54) is 34.0 Å². The van der Waals surface area contributed by atoms with Crippen LogP contribution in [0.25, 0.3) is 29.9 Å². The number of hydrogen-bond acceptors (Lipinski definition) is 3. The summed E-state index contributed by atoms with van der Waals surface area (Å²) in [5.74, 6) is -36.8. The Morgan fingerprint density at radius 1 is 0.522 bits per heavy atom. The van der Waals surface area contributed by atoms with Crippen LogP contribution < -0.4 is 0 Å². The van der Waals surface area contributed by atoms with E-state index in [1.54, 1.807) is 13.0 Å². The molecule has 0 unspecified atom stereocenters. The molecule has 4 aromatic rings. The largest absolute Gasteiger partial charge is 0.460 e. The van der Waals surface area contributed by atoms with Crippen molar-refractivity contribution in [3.63, 3.8) is 0 Å². The Kier molecular flexibility index (Phi) is 9.56. The summed E-state index contributed by atoms with van der Waals surface area (Å²) in [5, 5.41) is 0. The van der Waals surface area contributed by atoms with Gasteiger partial charge in [-0.2, -0.15) is 57.1 Å². The normalized spacial score (nSPS) is 13.9. The van der Waals surface area contributed by atoms with E-state index in [-0.39, 0.29) is 0 Å². The van der Waals surface area contributed by atoms with Crippen LogP contribution in [0.2, 0.25) is 0 Å². The van der Waals surface area contributed by atoms with E-state index >= 15 is 0 Å². The van der Waals surface area contributed by atoms with Gasteiger partial charge in [-0.15, -0.1) is 34.0 Å². The van der Waals surface area contributed by atoms with Crippen LogP contribution in [-0.2, 0) is 6.42 Å². The average molecular weight is 727 g/mol. The molecule has 4 rings (SSSR count). The Labute approximate surface area is 266 Å². The molecule has 0 amide bonds. The Morgan fingerprint density at radius 2 is 1.04 bits per heavy atom. The Morgan fingerprint density at radius 3 is 1.59 bits per heavy atom. The van der Waals surface area contributed by atoms with Gasteiger partial charge in [-0.1, -0.05) is 29.8 Å². The van der Waals surface area contributed by atoms with Crippen molar-refractivity contribution < 1.29 is 57.1 Å². The van der Waals surface area contributed by atoms with Crippen LogP contribution in [-0.4, -0.2) is 35.8 Å². The monoisotopic (exact) mass is 726 g/mol. The highest BCUT2D eigenvalue weighted by Gasteiger charge is 2.90. The van der Waals surface area contributed by atoms with E-state index in [0.717, 1.165) is 25.8 Å². The van der Waals surface area contributed by atoms with E-state index < -0.39 is 55.1 Å². The maximum absolute atomic E-state index is 14.5. The zero-order chi connectivity index (χ0) is 34.7. The average Bonchev–Trinajstić information content (AvgIpc) is 3.67. The Bertz CT molecular complexity index is 1670. The summed E-state index contributed by atoms with van der Waals surface area (Å²) in [5.41, 5.74) is 2.83. The highest BCUT2D eigenvalue weighted by atomic mass is 32.1. The van der Waals surface area contributed by atoms with Gasteiger partial charge in [0.05, 0.1) is 0 Å². The second-order valence-corrected chi connectivity index (χ2v) is 14.0. The van der Waals surface area contributed by atoms with E-state index in [4.69, 9.17) is 0 Å². The van der Waals surface area contributed by atoms with Gasteiger partial charge in [-0.3, -0.25) is 0 Å². The van der Waals surface area contributed by atoms with Crippen molar-refractivity contribution in [2.75, 3.05) is 0 Å². The van der Waals surface area contributed by atoms with Crippen LogP contribution >= 0.6 is 34.0 Å². The zero-order valence-corrected chi connectivity index (χ0v) is 26.3. The predicted octanol–water partition coefficient (Wildman–Crippen LogP) is 12.9. The maximum Gasteiger partial charge on any atom is 0.460 e. The summed E-state index contributed by atoms with van der Waals surface area (Å²) in [6, 6.07) is 14.8. The molecular formula is C30H23F13S3. The molecule has 0 nitrogen and oxygen atoms in total. The van der Waals surface area contributed by atoms with Crippen LogP contribution in [0.5, 0.6) is 0 Å². The number of benzene rings is 1. The van der Waals surface area contributed by atoms with E-state index in [0.29, 0.717) is 25.8 Å². The lowest BCUT2D eigenvalue weighted by atomic mass is 9.91. The topological polar surface area (TPSA) is 0 Å². The highest BCUT2D eigenvalue weighted by Crippen LogP contribution is 2.61. The predicted molar refractivity (Wildman–Crippen MR) is 154 cm³/mol. The van der Waals surface area contributed by atoms with Gasteiger partial charge in [0.2, 0.25) is 0 Å². The minimum Gasteiger partial charge on any atom is -0.200 e. The minimum atomic E-state index is -7.90. The molecule has 1 aromatic carbocycles. The molecule has 0 radical (unpaired) electrons. The van der Waals surface area contributed by atoms with Crippen molar-refractivity contribution in [2.24, 2.45) is 0 Å². The third kappa shape index (κ3) is 6.09. The first-order valence-corrected chi connectivity index (χ1v) is 15.7. The molecule has 0 saturated heterocycles. The smallest absolute Gasteiger partial charge is 0.200 e. The molecule has 0 aliphatic rings. The van der Waals surface area contributed by atoms with Crippen LogP contribution in [0.15, 0.2) is 48.5 Å². The molecule has 46 heavy (non-hydrogen) atoms. The fourth-order valence-electron chi connectivity index (χ4n) is 4.62. The number of hydrogen-bond donors (Lipinski definition) is 0. The van der Waals surface area contributed by atoms with Gasteiger partial charge in [-0.05, 0) is 74.6 Å². The van der Waals surface area contributed by atoms with Gasteiger partial charge < -0.3 is 0 Å². The lowest BCUT2D eigenvalue weighted by Gasteiger charge is -2.39. The van der Waals surface area contributed by atoms with Crippen LogP contribution in [0, 0.1) is 20.8 Å². The molecule has 0 aliphatic heterocycles. The highest BCUT2D eigenvalue weighted by molar-refractivity contribution is 7.27. The van der Waals surface area contributed by atoms with Crippen molar-refractivity contribution in [2.45, 2.75) is 75.8 Å². The van der Waals surface area contributed by atoms with Gasteiger partial charge in [0.1, 0.15) is 0 Å². The summed E-state index contributed by atoms with van der Waals surface area (Å²) >= 11 is 4.02. The van der Waals surface area contributed by atoms with Gasteiger partial charge in [0.25, 0.3) is 0 Å². The van der Waals surface area contributed by atoms with Crippen molar-refractivity contribution in [1.82, 2.24) is 0 Å². The number of aryl methyl sites for hydroxylation is 2. The summed E-state index contributed by atoms with van der Waals surface area (Å²) in [7, 11) is 0. The van der Waals surface area contributed by atoms with Crippen LogP contribution in [0.1, 0.15) is 34.4 Å². The van der Waals surface area contributed by atoms with Gasteiger partial charge in [0.15, 0.2) is 0 Å². The first-order valence-electron chi connectivity index (χ1n) is 13.3. The standard InChI is InChI=1S/C30H23F13S3/c1-15-6-9-18(10-7-15)20-12-13-22(45-20)24-19(17(3)23(46-24)21-11-8-16(2)44-21)5-4-14-25(31,32)26(33,34)27(35,36)28(37,38)29(39,40)30(41,42)43/h6-13H,4-5,14H2,1-3H3. The molecule has 0 saturated carbocycles. The molecule has 0 N–H and O–H groups in total. The second kappa shape index (κ2) is 12.1. The lowest BCUT2D eigenvalue weighted by Crippen LogP contribution is -2.70. The van der Waals surface area contributed by atoms with Crippen molar-refractivity contribution in [1.29, 1.82) is 0 Å². The third-order valence-corrected chi connectivity index (χ3v) is 11.1. The summed E-state index contributed by atoms with van der Waals surface area (Å²) in [6.07, 6.45) is -11.1. The second-order valence-electron chi connectivity index (χ2n) is 10.7. The lowest BCUT2D eigenvalue weighted by molar-refractivity contribution is -0.440. The molecule has 0 spiro atoms. The number of halogens is 13. The van der Waals surface area contributed by atoms with E-state index in [1.807, 2.05) is 56.3 Å². The zero-order valence-electron chi connectivity index (χ0n) is 23.9. The first kappa shape index (κ1) is 36.2. The van der Waals surface area contributed by atoms with Gasteiger partial charge >= 0.3 is 35.8 Å². The molecule has 0 bridgehead atoms. The molecule has 0 fully saturated rings. The Hall–Kier alpha value is -2.59. The quantitative estimate of drug-likeness (QED) is 0.135. The summed E-state index contributed by atoms with van der Waals surface area (Å²) in [6.45, 7) is 5.38. The maximum atomic E-state index is 14.5. The van der Waals surface area contributed by atoms with E-state index in [9.17, 15) is 57.1 Å². The first-order chi connectivity index (χ1) is 21.0. The summed E-state index contributed by atoms with van der Waals surface area (Å²) in [4.78, 5) is 4.51. The molecule has 16 heteroatoms. The number of rotatable bonds is 11. The molecule has 3 heterocycles. The van der Waals surface area contributed by atoms with Gasteiger partial charge in [0, 0.05) is 35.7 Å².